The van der Waals surface area contributed by atoms with Crippen LogP contribution in [0, 0.1) is 0 Å². The Labute approximate surface area is 75.5 Å². The van der Waals surface area contributed by atoms with Crippen LogP contribution in [0.4, 0.5) is 0 Å². The number of rotatable bonds is 4. The van der Waals surface area contributed by atoms with Gasteiger partial charge in [-0.2, -0.15) is 11.8 Å². The van der Waals surface area contributed by atoms with Gasteiger partial charge in [0.05, 0.1) is 0 Å². The number of nitrogens with two attached hydrogens (primary N) is 1. The molecule has 0 rings (SSSR count). The first kappa shape index (κ1) is 12.9. The van der Waals surface area contributed by atoms with Crippen molar-refractivity contribution < 1.29 is 27.3 Å². The quantitative estimate of drug-likeness (QED) is 0.679. The van der Waals surface area contributed by atoms with Gasteiger partial charge in [-0.25, -0.2) is 0 Å². The smallest absolute Gasteiger partial charge is 0.320 e. The van der Waals surface area contributed by atoms with Crippen molar-refractivity contribution in [2.24, 2.45) is 5.73 Å². The molecule has 0 saturated carbocycles. The van der Waals surface area contributed by atoms with Gasteiger partial charge in [0.2, 0.25) is 0 Å². The minimum Gasteiger partial charge on any atom is -0.480 e. The first-order chi connectivity index (χ1) is 4.18. The molecule has 0 aromatic carbocycles. The van der Waals surface area contributed by atoms with Gasteiger partial charge in [-0.3, -0.25) is 4.79 Å². The number of carbonyl (C=O) groups is 1. The average Bonchev–Trinajstić information content (AvgIpc) is 1.82. The third-order valence-electron chi connectivity index (χ3n) is 0.950. The summed E-state index contributed by atoms with van der Waals surface area (Å²) >= 11 is 1.60. The van der Waals surface area contributed by atoms with Crippen LogP contribution in [-0.4, -0.2) is 29.1 Å². The molecule has 0 heterocycles. The van der Waals surface area contributed by atoms with Crippen molar-refractivity contribution in [2.45, 2.75) is 12.5 Å². The van der Waals surface area contributed by atoms with E-state index in [0.29, 0.717) is 6.42 Å². The van der Waals surface area contributed by atoms with Gasteiger partial charge in [-0.15, -0.1) is 0 Å². The topological polar surface area (TPSA) is 63.3 Å². The largest absolute Gasteiger partial charge is 0.480 e. The summed E-state index contributed by atoms with van der Waals surface area (Å²) in [6.45, 7) is 0. The zero-order valence-electron chi connectivity index (χ0n) is 5.74. The van der Waals surface area contributed by atoms with Gasteiger partial charge in [-0.1, -0.05) is 0 Å². The first-order valence-electron chi connectivity index (χ1n) is 2.65. The summed E-state index contributed by atoms with van der Waals surface area (Å²) in [6.07, 6.45) is 2.48. The molecule has 0 amide bonds. The maximum atomic E-state index is 10.1. The molecule has 3 nitrogen and oxygen atoms in total. The van der Waals surface area contributed by atoms with Crippen LogP contribution in [0.15, 0.2) is 0 Å². The molecule has 0 aromatic rings. The molecule has 0 aliphatic carbocycles. The second-order valence-corrected chi connectivity index (χ2v) is 2.71. The van der Waals surface area contributed by atoms with Gasteiger partial charge >= 0.3 is 5.97 Å². The SMILES string of the molecule is CSCC[C@H](N)C(=O)O.[Cr]. The molecule has 0 radical (unpaired) electrons. The first-order valence-corrected chi connectivity index (χ1v) is 4.05. The van der Waals surface area contributed by atoms with Gasteiger partial charge in [-0.05, 0) is 18.4 Å². The Morgan fingerprint density at radius 3 is 2.60 bits per heavy atom. The molecule has 0 bridgehead atoms. The Morgan fingerprint density at radius 1 is 1.80 bits per heavy atom. The van der Waals surface area contributed by atoms with Crippen LogP contribution in [0.25, 0.3) is 0 Å². The summed E-state index contributed by atoms with van der Waals surface area (Å²) in [7, 11) is 0. The van der Waals surface area contributed by atoms with Gasteiger partial charge in [0.15, 0.2) is 0 Å². The van der Waals surface area contributed by atoms with Crippen LogP contribution in [0.2, 0.25) is 0 Å². The van der Waals surface area contributed by atoms with E-state index < -0.39 is 12.0 Å². The predicted octanol–water partition coefficient (Wildman–Crippen LogP) is 0.149. The van der Waals surface area contributed by atoms with E-state index in [9.17, 15) is 4.79 Å². The van der Waals surface area contributed by atoms with Gasteiger partial charge in [0.1, 0.15) is 6.04 Å². The van der Waals surface area contributed by atoms with Gasteiger partial charge in [0.25, 0.3) is 0 Å². The van der Waals surface area contributed by atoms with Crippen LogP contribution in [0.1, 0.15) is 6.42 Å². The summed E-state index contributed by atoms with van der Waals surface area (Å²) in [4.78, 5) is 10.1. The number of carboxylic acid groups (broad SMARTS) is 1. The van der Waals surface area contributed by atoms with E-state index in [-0.39, 0.29) is 17.4 Å². The molecule has 0 saturated heterocycles. The molecule has 5 heteroatoms. The molecule has 0 aliphatic rings. The van der Waals surface area contributed by atoms with E-state index in [2.05, 4.69) is 0 Å². The summed E-state index contributed by atoms with van der Waals surface area (Å²) in [5, 5.41) is 8.27. The maximum Gasteiger partial charge on any atom is 0.320 e. The number of hydrogen-bond donors (Lipinski definition) is 2. The van der Waals surface area contributed by atoms with Crippen LogP contribution in [0.3, 0.4) is 0 Å². The van der Waals surface area contributed by atoms with Crippen molar-refractivity contribution in [3.05, 3.63) is 0 Å². The predicted molar refractivity (Wildman–Crippen MR) is 38.6 cm³/mol. The fourth-order valence-corrected chi connectivity index (χ4v) is 0.858. The van der Waals surface area contributed by atoms with E-state index >= 15 is 0 Å². The molecule has 60 valence electrons. The fraction of sp³-hybridized carbons (Fsp3) is 0.800. The fourth-order valence-electron chi connectivity index (χ4n) is 0.368. The number of hydrogen-bond acceptors (Lipinski definition) is 3. The van der Waals surface area contributed by atoms with Crippen molar-refractivity contribution in [3.8, 4) is 0 Å². The third-order valence-corrected chi connectivity index (χ3v) is 1.59. The number of thioether (sulfide) groups is 1. The average molecular weight is 201 g/mol. The minimum absolute atomic E-state index is 0. The second kappa shape index (κ2) is 7.42. The Morgan fingerprint density at radius 2 is 2.30 bits per heavy atom. The van der Waals surface area contributed by atoms with Crippen molar-refractivity contribution in [3.63, 3.8) is 0 Å². The zero-order valence-corrected chi connectivity index (χ0v) is 7.83. The summed E-state index contributed by atoms with van der Waals surface area (Å²) in [5.74, 6) is -0.1000. The minimum atomic E-state index is -0.913. The molecule has 0 aliphatic heterocycles. The maximum absolute atomic E-state index is 10.1. The Kier molecular flexibility index (Phi) is 9.60. The van der Waals surface area contributed by atoms with Crippen molar-refractivity contribution >= 4 is 17.7 Å². The van der Waals surface area contributed by atoms with E-state index in [0.717, 1.165) is 5.75 Å². The van der Waals surface area contributed by atoms with E-state index in [4.69, 9.17) is 10.8 Å². The number of aliphatic carboxylic acids is 1. The van der Waals surface area contributed by atoms with Crippen molar-refractivity contribution in [2.75, 3.05) is 12.0 Å². The van der Waals surface area contributed by atoms with Crippen LogP contribution < -0.4 is 5.73 Å². The molecular formula is C5H11CrNO2S. The monoisotopic (exact) mass is 201 g/mol. The third kappa shape index (κ3) is 6.43. The molecule has 0 fully saturated rings. The molecule has 0 aromatic heterocycles. The van der Waals surface area contributed by atoms with Crippen LogP contribution in [0.5, 0.6) is 0 Å². The number of carboxylic acids is 1. The Hall–Kier alpha value is 0.312. The zero-order chi connectivity index (χ0) is 7.28. The van der Waals surface area contributed by atoms with Crippen LogP contribution in [-0.2, 0) is 22.2 Å². The Bertz CT molecular complexity index is 102. The van der Waals surface area contributed by atoms with E-state index in [1.165, 1.54) is 0 Å². The summed E-state index contributed by atoms with van der Waals surface area (Å²) in [5.41, 5.74) is 5.19. The summed E-state index contributed by atoms with van der Waals surface area (Å²) in [6, 6.07) is -0.683. The molecule has 10 heavy (non-hydrogen) atoms. The molecular weight excluding hydrogens is 190 g/mol. The molecule has 0 spiro atoms. The standard InChI is InChI=1S/C5H11NO2S.Cr/c1-9-3-2-4(6)5(7)8;/h4H,2-3,6H2,1H3,(H,7,8);/t4-;/m0./s1. The van der Waals surface area contributed by atoms with Gasteiger partial charge in [0, 0.05) is 17.4 Å². The van der Waals surface area contributed by atoms with Crippen molar-refractivity contribution in [1.82, 2.24) is 0 Å². The van der Waals surface area contributed by atoms with Gasteiger partial charge < -0.3 is 10.8 Å². The second-order valence-electron chi connectivity index (χ2n) is 1.73. The van der Waals surface area contributed by atoms with E-state index in [1.54, 1.807) is 11.8 Å². The normalized spacial score (nSPS) is 11.8. The molecule has 3 N–H and O–H groups in total. The molecule has 1 atom stereocenters. The van der Waals surface area contributed by atoms with Crippen molar-refractivity contribution in [1.29, 1.82) is 0 Å². The molecule has 0 unspecified atom stereocenters. The Balaban J connectivity index is 0. The van der Waals surface area contributed by atoms with E-state index in [1.807, 2.05) is 6.26 Å². The summed E-state index contributed by atoms with van der Waals surface area (Å²) < 4.78 is 0. The van der Waals surface area contributed by atoms with Crippen LogP contribution >= 0.6 is 11.8 Å².